The van der Waals surface area contributed by atoms with Crippen LogP contribution >= 0.6 is 0 Å². The van der Waals surface area contributed by atoms with Gasteiger partial charge in [-0.3, -0.25) is 0 Å². The van der Waals surface area contributed by atoms with Crippen LogP contribution in [0.5, 0.6) is 0 Å². The maximum absolute atomic E-state index is 2.46. The van der Waals surface area contributed by atoms with Crippen LogP contribution in [0.25, 0.3) is 10.9 Å². The largest absolute Gasteiger partial charge is 0.347 e. The zero-order valence-electron chi connectivity index (χ0n) is 13.9. The van der Waals surface area contributed by atoms with Crippen molar-refractivity contribution in [3.63, 3.8) is 0 Å². The lowest BCUT2D eigenvalue weighted by atomic mass is 10.1. The molecule has 0 aliphatic rings. The van der Waals surface area contributed by atoms with E-state index in [1.807, 2.05) is 0 Å². The summed E-state index contributed by atoms with van der Waals surface area (Å²) in [6.45, 7) is 5.71. The number of fused-ring (bicyclic) bond motifs is 1. The van der Waals surface area contributed by atoms with E-state index in [4.69, 9.17) is 0 Å². The highest BCUT2D eigenvalue weighted by atomic mass is 14.9. The Hall–Kier alpha value is -1.24. The third-order valence-electron chi connectivity index (χ3n) is 4.51. The molecule has 0 amide bonds. The van der Waals surface area contributed by atoms with Crippen LogP contribution in [0.4, 0.5) is 0 Å². The van der Waals surface area contributed by atoms with Crippen molar-refractivity contribution in [3.8, 4) is 0 Å². The van der Waals surface area contributed by atoms with Crippen LogP contribution in [-0.4, -0.2) is 4.57 Å². The Kier molecular flexibility index (Phi) is 6.85. The van der Waals surface area contributed by atoms with Gasteiger partial charge in [-0.1, -0.05) is 77.0 Å². The summed E-state index contributed by atoms with van der Waals surface area (Å²) in [6.07, 6.45) is 14.5. The maximum atomic E-state index is 2.46. The van der Waals surface area contributed by atoms with Crippen molar-refractivity contribution < 1.29 is 0 Å². The fourth-order valence-electron chi connectivity index (χ4n) is 3.23. The van der Waals surface area contributed by atoms with E-state index >= 15 is 0 Å². The molecule has 0 saturated carbocycles. The van der Waals surface area contributed by atoms with Gasteiger partial charge in [0.2, 0.25) is 0 Å². The van der Waals surface area contributed by atoms with Crippen LogP contribution in [0.1, 0.15) is 70.8 Å². The summed E-state index contributed by atoms with van der Waals surface area (Å²) in [5.74, 6) is 0. The third kappa shape index (κ3) is 4.62. The molecule has 0 N–H and O–H groups in total. The number of benzene rings is 1. The minimum Gasteiger partial charge on any atom is -0.347 e. The second-order valence-corrected chi connectivity index (χ2v) is 6.19. The van der Waals surface area contributed by atoms with Crippen molar-refractivity contribution in [2.45, 2.75) is 78.2 Å². The number of hydrogen-bond donors (Lipinski definition) is 0. The van der Waals surface area contributed by atoms with Crippen molar-refractivity contribution in [2.75, 3.05) is 0 Å². The summed E-state index contributed by atoms with van der Waals surface area (Å²) in [5, 5.41) is 1.40. The Morgan fingerprint density at radius 3 is 2.24 bits per heavy atom. The Morgan fingerprint density at radius 2 is 1.52 bits per heavy atom. The van der Waals surface area contributed by atoms with Crippen LogP contribution in [0.3, 0.4) is 0 Å². The molecule has 2 rings (SSSR count). The third-order valence-corrected chi connectivity index (χ3v) is 4.51. The molecule has 0 atom stereocenters. The molecule has 2 aromatic rings. The van der Waals surface area contributed by atoms with Crippen LogP contribution in [-0.2, 0) is 13.0 Å². The van der Waals surface area contributed by atoms with Gasteiger partial charge in [0.25, 0.3) is 0 Å². The lowest BCUT2D eigenvalue weighted by molar-refractivity contribution is 0.549. The van der Waals surface area contributed by atoms with E-state index in [0.29, 0.717) is 0 Å². The van der Waals surface area contributed by atoms with Gasteiger partial charge in [-0.15, -0.1) is 0 Å². The van der Waals surface area contributed by atoms with Crippen LogP contribution in [0, 0.1) is 0 Å². The van der Waals surface area contributed by atoms with Crippen molar-refractivity contribution >= 4 is 10.9 Å². The molecule has 21 heavy (non-hydrogen) atoms. The minimum atomic E-state index is 1.12. The van der Waals surface area contributed by atoms with Gasteiger partial charge in [-0.05, 0) is 29.9 Å². The number of para-hydroxylation sites is 1. The van der Waals surface area contributed by atoms with E-state index in [2.05, 4.69) is 48.9 Å². The Balaban J connectivity index is 1.76. The van der Waals surface area contributed by atoms with Gasteiger partial charge in [0.05, 0.1) is 5.52 Å². The number of hydrogen-bond acceptors (Lipinski definition) is 0. The monoisotopic (exact) mass is 285 g/mol. The Labute approximate surface area is 130 Å². The summed E-state index contributed by atoms with van der Waals surface area (Å²) in [7, 11) is 0. The van der Waals surface area contributed by atoms with Gasteiger partial charge in [-0.2, -0.15) is 0 Å². The SMILES string of the molecule is CCCCCCCCCCn1ccc2cccc(CC)c21. The number of rotatable bonds is 10. The fraction of sp³-hybridized carbons (Fsp3) is 0.600. The molecule has 0 unspecified atom stereocenters. The first-order chi connectivity index (χ1) is 10.4. The molecule has 1 heterocycles. The molecule has 1 heteroatoms. The molecule has 1 aromatic carbocycles. The zero-order chi connectivity index (χ0) is 14.9. The van der Waals surface area contributed by atoms with E-state index in [-0.39, 0.29) is 0 Å². The molecule has 1 nitrogen and oxygen atoms in total. The number of aryl methyl sites for hydroxylation is 2. The van der Waals surface area contributed by atoms with Crippen molar-refractivity contribution in [3.05, 3.63) is 36.0 Å². The average Bonchev–Trinajstić information content (AvgIpc) is 2.93. The smallest absolute Gasteiger partial charge is 0.0512 e. The van der Waals surface area contributed by atoms with E-state index < -0.39 is 0 Å². The Bertz CT molecular complexity index is 524. The molecule has 0 aliphatic carbocycles. The topological polar surface area (TPSA) is 4.93 Å². The predicted molar refractivity (Wildman–Crippen MR) is 93.9 cm³/mol. The van der Waals surface area contributed by atoms with E-state index in [0.717, 1.165) is 6.42 Å². The summed E-state index contributed by atoms with van der Waals surface area (Å²) >= 11 is 0. The summed E-state index contributed by atoms with van der Waals surface area (Å²) in [4.78, 5) is 0. The minimum absolute atomic E-state index is 1.12. The van der Waals surface area contributed by atoms with Crippen molar-refractivity contribution in [2.24, 2.45) is 0 Å². The second kappa shape index (κ2) is 8.92. The van der Waals surface area contributed by atoms with Crippen LogP contribution in [0.15, 0.2) is 30.5 Å². The van der Waals surface area contributed by atoms with Gasteiger partial charge in [0.1, 0.15) is 0 Å². The van der Waals surface area contributed by atoms with Crippen LogP contribution in [0.2, 0.25) is 0 Å². The molecule has 0 fully saturated rings. The molecule has 116 valence electrons. The first kappa shape index (κ1) is 16.1. The van der Waals surface area contributed by atoms with E-state index in [9.17, 15) is 0 Å². The van der Waals surface area contributed by atoms with Gasteiger partial charge >= 0.3 is 0 Å². The Morgan fingerprint density at radius 1 is 0.810 bits per heavy atom. The lowest BCUT2D eigenvalue weighted by Gasteiger charge is -2.09. The molecule has 0 bridgehead atoms. The second-order valence-electron chi connectivity index (χ2n) is 6.19. The van der Waals surface area contributed by atoms with E-state index in [1.165, 1.54) is 74.4 Å². The number of aromatic nitrogens is 1. The maximum Gasteiger partial charge on any atom is 0.0512 e. The molecule has 0 saturated heterocycles. The molecular weight excluding hydrogens is 254 g/mol. The summed E-state index contributed by atoms with van der Waals surface area (Å²) < 4.78 is 2.46. The zero-order valence-corrected chi connectivity index (χ0v) is 13.9. The standard InChI is InChI=1S/C20H31N/c1-3-5-6-7-8-9-10-11-16-21-17-15-19-14-12-13-18(4-2)20(19)21/h12-15,17H,3-11,16H2,1-2H3. The predicted octanol–water partition coefficient (Wildman–Crippen LogP) is 6.34. The lowest BCUT2D eigenvalue weighted by Crippen LogP contribution is -1.98. The number of nitrogens with zero attached hydrogens (tertiary/aromatic N) is 1. The molecule has 0 spiro atoms. The molecular formula is C20H31N. The normalized spacial score (nSPS) is 11.3. The quantitative estimate of drug-likeness (QED) is 0.448. The highest BCUT2D eigenvalue weighted by Crippen LogP contribution is 2.21. The van der Waals surface area contributed by atoms with Crippen LogP contribution < -0.4 is 0 Å². The number of unbranched alkanes of at least 4 members (excludes halogenated alkanes) is 7. The van der Waals surface area contributed by atoms with Gasteiger partial charge < -0.3 is 4.57 Å². The molecule has 0 radical (unpaired) electrons. The summed E-state index contributed by atoms with van der Waals surface area (Å²) in [5.41, 5.74) is 2.94. The van der Waals surface area contributed by atoms with Gasteiger partial charge in [-0.25, -0.2) is 0 Å². The van der Waals surface area contributed by atoms with E-state index in [1.54, 1.807) is 0 Å². The van der Waals surface area contributed by atoms with Crippen molar-refractivity contribution in [1.82, 2.24) is 4.57 Å². The fourth-order valence-corrected chi connectivity index (χ4v) is 3.23. The van der Waals surface area contributed by atoms with Gasteiger partial charge in [0.15, 0.2) is 0 Å². The highest BCUT2D eigenvalue weighted by Gasteiger charge is 2.04. The molecule has 1 aromatic heterocycles. The van der Waals surface area contributed by atoms with Crippen molar-refractivity contribution in [1.29, 1.82) is 0 Å². The first-order valence-electron chi connectivity index (χ1n) is 8.93. The highest BCUT2D eigenvalue weighted by molar-refractivity contribution is 5.83. The average molecular weight is 285 g/mol. The molecule has 0 aliphatic heterocycles. The summed E-state index contributed by atoms with van der Waals surface area (Å²) in [6, 6.07) is 8.95. The first-order valence-corrected chi connectivity index (χ1v) is 8.93. The van der Waals surface area contributed by atoms with Gasteiger partial charge in [0, 0.05) is 12.7 Å².